The highest BCUT2D eigenvalue weighted by Gasteiger charge is 2.25. The Morgan fingerprint density at radius 2 is 1.90 bits per heavy atom. The van der Waals surface area contributed by atoms with Crippen LogP contribution in [0.1, 0.15) is 44.1 Å². The van der Waals surface area contributed by atoms with Gasteiger partial charge >= 0.3 is 0 Å². The fourth-order valence-corrected chi connectivity index (χ4v) is 5.96. The predicted molar refractivity (Wildman–Crippen MR) is 156 cm³/mol. The van der Waals surface area contributed by atoms with Crippen molar-refractivity contribution in [2.24, 2.45) is 11.8 Å². The molecule has 0 radical (unpaired) electrons. The number of aromatic nitrogens is 4. The largest absolute Gasteiger partial charge is 0.350 e. The first-order valence-corrected chi connectivity index (χ1v) is 14.5. The van der Waals surface area contributed by atoms with Gasteiger partial charge in [-0.25, -0.2) is 18.7 Å². The number of halogens is 3. The first kappa shape index (κ1) is 27.5. The predicted octanol–water partition coefficient (Wildman–Crippen LogP) is 6.17. The number of piperidine rings is 1. The van der Waals surface area contributed by atoms with E-state index < -0.39 is 11.6 Å². The first-order valence-electron chi connectivity index (χ1n) is 14.2. The number of benzene rings is 2. The number of fused-ring (bicyclic) bond motifs is 1. The minimum absolute atomic E-state index is 0.0418. The molecule has 2 aromatic heterocycles. The van der Waals surface area contributed by atoms with Gasteiger partial charge in [0.2, 0.25) is 11.9 Å². The van der Waals surface area contributed by atoms with E-state index in [1.165, 1.54) is 6.07 Å². The zero-order chi connectivity index (χ0) is 28.3. The van der Waals surface area contributed by atoms with Crippen LogP contribution in [0.3, 0.4) is 0 Å². The van der Waals surface area contributed by atoms with Gasteiger partial charge in [0, 0.05) is 30.3 Å². The third-order valence-electron chi connectivity index (χ3n) is 7.96. The fraction of sp³-hybridized carbons (Fsp3) is 0.400. The van der Waals surface area contributed by atoms with Gasteiger partial charge in [-0.3, -0.25) is 4.79 Å². The van der Waals surface area contributed by atoms with Crippen molar-refractivity contribution in [3.05, 3.63) is 64.8 Å². The molecule has 1 aliphatic carbocycles. The lowest BCUT2D eigenvalue weighted by molar-refractivity contribution is -0.119. The lowest BCUT2D eigenvalue weighted by atomic mass is 9.99. The van der Waals surface area contributed by atoms with Crippen molar-refractivity contribution in [2.45, 2.75) is 51.6 Å². The molecule has 1 atom stereocenters. The molecule has 1 saturated carbocycles. The maximum Gasteiger partial charge on any atom is 0.227 e. The summed E-state index contributed by atoms with van der Waals surface area (Å²) in [6.45, 7) is 2.79. The average Bonchev–Trinajstić information content (AvgIpc) is 3.64. The Bertz CT molecular complexity index is 1560. The number of rotatable bonds is 8. The van der Waals surface area contributed by atoms with Crippen LogP contribution in [0.25, 0.3) is 22.6 Å². The molecule has 8 nitrogen and oxygen atoms in total. The number of anilines is 2. The molecule has 11 heteroatoms. The highest BCUT2D eigenvalue weighted by Crippen LogP contribution is 2.34. The van der Waals surface area contributed by atoms with Crippen molar-refractivity contribution < 1.29 is 13.6 Å². The number of carbonyl (C=O) groups is 1. The lowest BCUT2D eigenvalue weighted by Gasteiger charge is -2.24. The van der Waals surface area contributed by atoms with Gasteiger partial charge in [-0.1, -0.05) is 30.5 Å². The molecule has 214 valence electrons. The van der Waals surface area contributed by atoms with Gasteiger partial charge in [0.05, 0.1) is 11.2 Å². The average molecular weight is 580 g/mol. The van der Waals surface area contributed by atoms with E-state index in [1.807, 2.05) is 12.1 Å². The minimum atomic E-state index is -0.900. The van der Waals surface area contributed by atoms with Crippen molar-refractivity contribution in [1.29, 1.82) is 0 Å². The summed E-state index contributed by atoms with van der Waals surface area (Å²) in [5, 5.41) is 10.2. The number of hydrogen-bond acceptors (Lipinski definition) is 6. The summed E-state index contributed by atoms with van der Waals surface area (Å²) >= 11 is 6.73. The van der Waals surface area contributed by atoms with E-state index in [-0.39, 0.29) is 18.4 Å². The number of carbonyl (C=O) groups excluding carboxylic acids is 1. The Morgan fingerprint density at radius 1 is 1.05 bits per heavy atom. The molecule has 1 aliphatic heterocycles. The van der Waals surface area contributed by atoms with Gasteiger partial charge in [-0.2, -0.15) is 4.98 Å². The second-order valence-electron chi connectivity index (χ2n) is 10.9. The Hall–Kier alpha value is -3.63. The second-order valence-corrected chi connectivity index (χ2v) is 11.3. The molecule has 0 spiro atoms. The van der Waals surface area contributed by atoms with Gasteiger partial charge in [-0.05, 0) is 80.6 Å². The zero-order valence-electron chi connectivity index (χ0n) is 22.6. The highest BCUT2D eigenvalue weighted by atomic mass is 35.5. The zero-order valence-corrected chi connectivity index (χ0v) is 23.4. The monoisotopic (exact) mass is 579 g/mol. The molecule has 0 bridgehead atoms. The smallest absolute Gasteiger partial charge is 0.227 e. The molecular formula is C30H32ClF2N7O. The van der Waals surface area contributed by atoms with Crippen LogP contribution in [-0.2, 0) is 17.9 Å². The van der Waals surface area contributed by atoms with Gasteiger partial charge in [0.15, 0.2) is 17.3 Å². The van der Waals surface area contributed by atoms with Crippen LogP contribution in [0, 0.1) is 23.5 Å². The molecule has 3 N–H and O–H groups in total. The molecule has 1 amide bonds. The minimum Gasteiger partial charge on any atom is -0.350 e. The van der Waals surface area contributed by atoms with Crippen LogP contribution in [-0.4, -0.2) is 38.5 Å². The molecule has 4 aromatic rings. The number of imidazole rings is 1. The Morgan fingerprint density at radius 3 is 2.68 bits per heavy atom. The lowest BCUT2D eigenvalue weighted by Crippen LogP contribution is -2.32. The van der Waals surface area contributed by atoms with Crippen LogP contribution in [0.2, 0.25) is 5.02 Å². The Kier molecular flexibility index (Phi) is 8.11. The highest BCUT2D eigenvalue weighted by molar-refractivity contribution is 6.33. The summed E-state index contributed by atoms with van der Waals surface area (Å²) in [5.41, 5.74) is 3.20. The molecule has 0 unspecified atom stereocenters. The van der Waals surface area contributed by atoms with Crippen LogP contribution < -0.4 is 16.0 Å². The molecule has 41 heavy (non-hydrogen) atoms. The summed E-state index contributed by atoms with van der Waals surface area (Å²) in [4.78, 5) is 26.9. The van der Waals surface area contributed by atoms with Gasteiger partial charge in [0.25, 0.3) is 0 Å². The first-order chi connectivity index (χ1) is 19.9. The molecule has 2 aromatic carbocycles. The van der Waals surface area contributed by atoms with Crippen molar-refractivity contribution in [3.63, 3.8) is 0 Å². The van der Waals surface area contributed by atoms with E-state index in [1.54, 1.807) is 12.3 Å². The standard InChI is InChI=1S/C30H32ClF2N7O/c31-23-9-8-21(37-29(41)20-5-1-2-6-20)13-22(23)27-38-26-16-36-30(35-15-18-7-10-24(32)25(33)12-18)39-28(26)40(27)17-19-4-3-11-34-14-19/h7-10,12-13,16,19-20,34H,1-6,11,14-15,17H2,(H,37,41)(H,35,36,39)/t19-/m1/s1. The number of nitrogens with zero attached hydrogens (tertiary/aromatic N) is 4. The van der Waals surface area contributed by atoms with E-state index in [9.17, 15) is 13.6 Å². The van der Waals surface area contributed by atoms with E-state index in [2.05, 4.69) is 25.5 Å². The van der Waals surface area contributed by atoms with Crippen LogP contribution in [0.5, 0.6) is 0 Å². The van der Waals surface area contributed by atoms with Crippen molar-refractivity contribution in [2.75, 3.05) is 23.7 Å². The fourth-order valence-electron chi connectivity index (χ4n) is 5.76. The molecule has 2 fully saturated rings. The van der Waals surface area contributed by atoms with Crippen molar-refractivity contribution >= 4 is 40.3 Å². The topological polar surface area (TPSA) is 96.8 Å². The van der Waals surface area contributed by atoms with Crippen LogP contribution >= 0.6 is 11.6 Å². The number of nitrogens with one attached hydrogen (secondary N) is 3. The summed E-state index contributed by atoms with van der Waals surface area (Å²) < 4.78 is 29.1. The van der Waals surface area contributed by atoms with Gasteiger partial charge in [0.1, 0.15) is 11.3 Å². The molecular weight excluding hydrogens is 548 g/mol. The maximum atomic E-state index is 13.7. The summed E-state index contributed by atoms with van der Waals surface area (Å²) in [5.74, 6) is -0.327. The second kappa shape index (κ2) is 12.1. The van der Waals surface area contributed by atoms with Crippen LogP contribution in [0.15, 0.2) is 42.6 Å². The van der Waals surface area contributed by atoms with Gasteiger partial charge < -0.3 is 20.5 Å². The third-order valence-corrected chi connectivity index (χ3v) is 8.29. The van der Waals surface area contributed by atoms with Crippen LogP contribution in [0.4, 0.5) is 20.4 Å². The molecule has 3 heterocycles. The summed E-state index contributed by atoms with van der Waals surface area (Å²) in [6.07, 6.45) is 7.82. The molecule has 1 saturated heterocycles. The molecule has 6 rings (SSSR count). The van der Waals surface area contributed by atoms with Crippen molar-refractivity contribution in [3.8, 4) is 11.4 Å². The van der Waals surface area contributed by atoms with E-state index in [0.717, 1.165) is 63.7 Å². The third kappa shape index (κ3) is 6.18. The maximum absolute atomic E-state index is 13.7. The number of hydrogen-bond donors (Lipinski definition) is 3. The Labute approximate surface area is 241 Å². The molecule has 2 aliphatic rings. The normalized spacial score (nSPS) is 17.7. The summed E-state index contributed by atoms with van der Waals surface area (Å²) in [7, 11) is 0. The van der Waals surface area contributed by atoms with E-state index in [0.29, 0.717) is 57.2 Å². The van der Waals surface area contributed by atoms with E-state index in [4.69, 9.17) is 21.6 Å². The van der Waals surface area contributed by atoms with E-state index >= 15 is 0 Å². The summed E-state index contributed by atoms with van der Waals surface area (Å²) in [6, 6.07) is 9.25. The number of amides is 1. The SMILES string of the molecule is O=C(Nc1ccc(Cl)c(-c2nc3cnc(NCc4ccc(F)c(F)c4)nc3n2C[C@@H]2CCCNC2)c1)C1CCCC1. The van der Waals surface area contributed by atoms with Crippen molar-refractivity contribution in [1.82, 2.24) is 24.8 Å². The van der Waals surface area contributed by atoms with Gasteiger partial charge in [-0.15, -0.1) is 0 Å². The quantitative estimate of drug-likeness (QED) is 0.231. The Balaban J connectivity index is 1.33.